The molecule has 5 rings (SSSR count). The summed E-state index contributed by atoms with van der Waals surface area (Å²) < 4.78 is 35.7. The maximum absolute atomic E-state index is 14.2. The summed E-state index contributed by atoms with van der Waals surface area (Å²) in [5.41, 5.74) is 3.47. The maximum atomic E-state index is 14.2. The number of aromatic amines is 1. The molecule has 10 heteroatoms. The molecular formula is C23H27F2N7O. The molecule has 0 spiro atoms. The number of pyridine rings is 1. The van der Waals surface area contributed by atoms with E-state index in [0.29, 0.717) is 33.8 Å². The summed E-state index contributed by atoms with van der Waals surface area (Å²) in [7, 11) is 1.57. The molecule has 1 aromatic carbocycles. The van der Waals surface area contributed by atoms with Gasteiger partial charge in [0.1, 0.15) is 0 Å². The third-order valence-electron chi connectivity index (χ3n) is 5.96. The van der Waals surface area contributed by atoms with Crippen molar-refractivity contribution in [1.82, 2.24) is 24.9 Å². The van der Waals surface area contributed by atoms with Crippen LogP contribution in [0.25, 0.3) is 16.6 Å². The molecule has 0 aliphatic carbocycles. The smallest absolute Gasteiger partial charge is 0.264 e. The van der Waals surface area contributed by atoms with Gasteiger partial charge < -0.3 is 24.7 Å². The molecule has 8 nitrogen and oxygen atoms in total. The lowest BCUT2D eigenvalue weighted by atomic mass is 10.1. The van der Waals surface area contributed by atoms with E-state index in [9.17, 15) is 8.78 Å². The summed E-state index contributed by atoms with van der Waals surface area (Å²) in [4.78, 5) is 6.60. The van der Waals surface area contributed by atoms with Crippen molar-refractivity contribution in [2.24, 2.45) is 0 Å². The average molecular weight is 456 g/mol. The number of nitrogens with one attached hydrogen (secondary N) is 3. The molecule has 2 atom stereocenters. The minimum atomic E-state index is -2.64. The third-order valence-corrected chi connectivity index (χ3v) is 5.96. The monoisotopic (exact) mass is 455 g/mol. The van der Waals surface area contributed by atoms with Crippen molar-refractivity contribution < 1.29 is 13.5 Å². The number of hydrogen-bond acceptors (Lipinski definition) is 6. The van der Waals surface area contributed by atoms with E-state index in [0.717, 1.165) is 24.5 Å². The van der Waals surface area contributed by atoms with Crippen LogP contribution in [0.2, 0.25) is 0 Å². The number of anilines is 3. The van der Waals surface area contributed by atoms with E-state index in [-0.39, 0.29) is 17.6 Å². The second-order valence-corrected chi connectivity index (χ2v) is 8.74. The van der Waals surface area contributed by atoms with Crippen LogP contribution >= 0.6 is 0 Å². The molecule has 0 amide bonds. The number of benzene rings is 1. The number of H-pyrrole nitrogens is 1. The quantitative estimate of drug-likeness (QED) is 0.414. The number of nitrogens with zero attached hydrogens (tertiary/aromatic N) is 4. The number of rotatable bonds is 5. The molecule has 3 aromatic heterocycles. The van der Waals surface area contributed by atoms with E-state index in [4.69, 9.17) is 4.74 Å². The second-order valence-electron chi connectivity index (χ2n) is 8.74. The first-order valence-electron chi connectivity index (χ1n) is 10.9. The van der Waals surface area contributed by atoms with Crippen LogP contribution in [0.1, 0.15) is 31.5 Å². The van der Waals surface area contributed by atoms with Gasteiger partial charge in [0.05, 0.1) is 29.4 Å². The Morgan fingerprint density at radius 1 is 1.15 bits per heavy atom. The second kappa shape index (κ2) is 8.18. The van der Waals surface area contributed by atoms with Crippen molar-refractivity contribution in [3.05, 3.63) is 41.9 Å². The summed E-state index contributed by atoms with van der Waals surface area (Å²) in [5, 5.41) is 14.3. The van der Waals surface area contributed by atoms with Crippen molar-refractivity contribution in [2.45, 2.75) is 39.3 Å². The van der Waals surface area contributed by atoms with E-state index >= 15 is 0 Å². The largest absolute Gasteiger partial charge is 0.493 e. The van der Waals surface area contributed by atoms with Crippen LogP contribution in [0.5, 0.6) is 5.75 Å². The van der Waals surface area contributed by atoms with E-state index in [1.807, 2.05) is 29.8 Å². The van der Waals surface area contributed by atoms with Crippen molar-refractivity contribution in [2.75, 3.05) is 30.4 Å². The number of ether oxygens (including phenoxy) is 1. The molecule has 1 saturated heterocycles. The van der Waals surface area contributed by atoms with Crippen LogP contribution in [0.4, 0.5) is 26.0 Å². The number of hydrogen-bond donors (Lipinski definition) is 3. The number of methoxy groups -OCH3 is 1. The van der Waals surface area contributed by atoms with Gasteiger partial charge >= 0.3 is 0 Å². The van der Waals surface area contributed by atoms with E-state index < -0.39 is 6.43 Å². The molecule has 1 aliphatic heterocycles. The van der Waals surface area contributed by atoms with Crippen molar-refractivity contribution in [3.8, 4) is 5.75 Å². The van der Waals surface area contributed by atoms with Crippen molar-refractivity contribution >= 4 is 33.7 Å². The molecular weight excluding hydrogens is 428 g/mol. The molecule has 33 heavy (non-hydrogen) atoms. The molecule has 0 radical (unpaired) electrons. The zero-order valence-electron chi connectivity index (χ0n) is 19.0. The Hall–Kier alpha value is -3.40. The zero-order valence-corrected chi connectivity index (χ0v) is 19.0. The maximum Gasteiger partial charge on any atom is 0.264 e. The van der Waals surface area contributed by atoms with Crippen LogP contribution in [0.3, 0.4) is 0 Å². The first-order chi connectivity index (χ1) is 15.8. The number of imidazole rings is 1. The zero-order chi connectivity index (χ0) is 23.3. The molecule has 1 fully saturated rings. The third kappa shape index (κ3) is 3.95. The first-order valence-corrected chi connectivity index (χ1v) is 10.9. The number of halogens is 2. The molecule has 1 aliphatic rings. The highest BCUT2D eigenvalue weighted by atomic mass is 19.3. The van der Waals surface area contributed by atoms with Crippen molar-refractivity contribution in [3.63, 3.8) is 0 Å². The number of aryl methyl sites for hydroxylation is 1. The highest BCUT2D eigenvalue weighted by Gasteiger charge is 2.25. The fourth-order valence-corrected chi connectivity index (χ4v) is 4.70. The fourth-order valence-electron chi connectivity index (χ4n) is 4.70. The number of fused-ring (bicyclic) bond motifs is 2. The molecule has 4 heterocycles. The predicted octanol–water partition coefficient (Wildman–Crippen LogP) is 4.40. The van der Waals surface area contributed by atoms with Gasteiger partial charge in [-0.25, -0.2) is 13.8 Å². The molecule has 0 bridgehead atoms. The molecule has 4 aromatic rings. The molecule has 3 N–H and O–H groups in total. The normalized spacial score (nSPS) is 19.1. The minimum absolute atomic E-state index is 0.0518. The Labute approximate surface area is 189 Å². The fraction of sp³-hybridized carbons (Fsp3) is 0.391. The van der Waals surface area contributed by atoms with Crippen LogP contribution in [-0.2, 0) is 0 Å². The van der Waals surface area contributed by atoms with Gasteiger partial charge in [0.15, 0.2) is 17.2 Å². The van der Waals surface area contributed by atoms with E-state index in [2.05, 4.69) is 44.6 Å². The van der Waals surface area contributed by atoms with Gasteiger partial charge in [-0.05, 0) is 32.9 Å². The molecule has 0 unspecified atom stereocenters. The SMILES string of the molecule is COc1cc(Nc2n[nH]c3cc(N4C[C@@H](C)N[C@@H](C)C4)cc(C(F)F)c23)cn2cc(C)nc12. The predicted molar refractivity (Wildman–Crippen MR) is 125 cm³/mol. The lowest BCUT2D eigenvalue weighted by Crippen LogP contribution is -2.54. The standard InChI is InChI=1S/C23H27F2N7O/c1-12-8-31(9-13(2)26-12)16-6-17(21(24)25)20-18(7-16)29-30-22(20)28-15-5-19(33-4)23-27-14(3)10-32(23)11-15/h5-7,10-13,21,26H,8-9H2,1-4H3,(H2,28,29,30)/t12-,13+. The first kappa shape index (κ1) is 21.4. The van der Waals surface area contributed by atoms with Crippen LogP contribution in [0.15, 0.2) is 30.6 Å². The highest BCUT2D eigenvalue weighted by Crippen LogP contribution is 2.37. The van der Waals surface area contributed by atoms with Crippen LogP contribution in [-0.4, -0.2) is 51.9 Å². The Bertz CT molecular complexity index is 1310. The lowest BCUT2D eigenvalue weighted by Gasteiger charge is -2.37. The summed E-state index contributed by atoms with van der Waals surface area (Å²) in [6.45, 7) is 7.59. The topological polar surface area (TPSA) is 82.5 Å². The van der Waals surface area contributed by atoms with Gasteiger partial charge in [-0.3, -0.25) is 5.10 Å². The number of piperazine rings is 1. The van der Waals surface area contributed by atoms with Crippen LogP contribution in [0, 0.1) is 6.92 Å². The lowest BCUT2D eigenvalue weighted by molar-refractivity contribution is 0.153. The van der Waals surface area contributed by atoms with Gasteiger partial charge in [-0.2, -0.15) is 5.10 Å². The number of aromatic nitrogens is 4. The summed E-state index contributed by atoms with van der Waals surface area (Å²) >= 11 is 0. The summed E-state index contributed by atoms with van der Waals surface area (Å²) in [6, 6.07) is 5.81. The van der Waals surface area contributed by atoms with E-state index in [1.165, 1.54) is 0 Å². The molecule has 0 saturated carbocycles. The van der Waals surface area contributed by atoms with Gasteiger partial charge in [0.2, 0.25) is 0 Å². The summed E-state index contributed by atoms with van der Waals surface area (Å²) in [5.74, 6) is 0.915. The minimum Gasteiger partial charge on any atom is -0.493 e. The van der Waals surface area contributed by atoms with Gasteiger partial charge in [-0.15, -0.1) is 0 Å². The van der Waals surface area contributed by atoms with Gasteiger partial charge in [0.25, 0.3) is 6.43 Å². The number of alkyl halides is 2. The molecule has 174 valence electrons. The Balaban J connectivity index is 1.55. The summed E-state index contributed by atoms with van der Waals surface area (Å²) in [6.07, 6.45) is 1.06. The van der Waals surface area contributed by atoms with Crippen molar-refractivity contribution in [1.29, 1.82) is 0 Å². The van der Waals surface area contributed by atoms with Gasteiger partial charge in [-0.1, -0.05) is 0 Å². The Kier molecular flexibility index (Phi) is 5.32. The Morgan fingerprint density at radius 3 is 2.61 bits per heavy atom. The Morgan fingerprint density at radius 2 is 1.91 bits per heavy atom. The average Bonchev–Trinajstić information content (AvgIpc) is 3.34. The highest BCUT2D eigenvalue weighted by molar-refractivity contribution is 5.96. The van der Waals surface area contributed by atoms with Gasteiger partial charge in [0, 0.05) is 54.9 Å². The van der Waals surface area contributed by atoms with Crippen LogP contribution < -0.4 is 20.3 Å². The van der Waals surface area contributed by atoms with E-state index in [1.54, 1.807) is 19.2 Å².